The van der Waals surface area contributed by atoms with Crippen molar-refractivity contribution in [3.05, 3.63) is 83.9 Å². The number of rotatable bonds is 14. The molecule has 1 aromatic heterocycles. The van der Waals surface area contributed by atoms with Gasteiger partial charge in [-0.1, -0.05) is 30.3 Å². The maximum absolute atomic E-state index is 14.6. The predicted octanol–water partition coefficient (Wildman–Crippen LogP) is -5.46. The molecule has 32 nitrogen and oxygen atoms in total. The molecule has 460 valence electrons. The van der Waals surface area contributed by atoms with Gasteiger partial charge in [-0.3, -0.25) is 42.9 Å². The minimum atomic E-state index is -5.35. The Morgan fingerprint density at radius 2 is 1.41 bits per heavy atom. The fraction of sp³-hybridized carbons (Fsp3) is 0.442. The van der Waals surface area contributed by atoms with E-state index in [-0.39, 0.29) is 5.56 Å². The normalized spacial score (nSPS) is 27.1. The minimum absolute atomic E-state index is 0.111. The van der Waals surface area contributed by atoms with Gasteiger partial charge in [-0.15, -0.1) is 0 Å². The van der Waals surface area contributed by atoms with Crippen LogP contribution in [0, 0.1) is 5.92 Å². The topological polar surface area (TPSA) is 510 Å². The zero-order valence-corrected chi connectivity index (χ0v) is 46.0. The van der Waals surface area contributed by atoms with Gasteiger partial charge in [-0.2, -0.15) is 8.42 Å². The summed E-state index contributed by atoms with van der Waals surface area (Å²) in [6.45, 7) is 1.07. The Morgan fingerprint density at radius 3 is 2.04 bits per heavy atom. The molecule has 4 aromatic rings. The van der Waals surface area contributed by atoms with E-state index in [1.165, 1.54) is 38.3 Å². The summed E-state index contributed by atoms with van der Waals surface area (Å²) in [5.41, 5.74) is 6.12. The van der Waals surface area contributed by atoms with Crippen molar-refractivity contribution in [3.63, 3.8) is 0 Å². The standard InChI is InChI=1S/C52H63N9O23S/c1-21-19-61-41(42(21)68)50(76)58-48(74)34(66)16-30(54-45(71)25-6-4-23(5-7-25)29-17-35(83-59-29)24-8-11-28(82-3)12-9-24)46(72)55-38(22(2)62)51(77)60-20-27(63)15-31(60)47(73)57-40(49(75)56-39(52(61)78)33(65)18-37(53)67)44(70)43(69)26-10-13-32(64)36(14-26)84-85(79,80)81/h4-14,17,21-22,27,30-31,33-34,38-44,48,62-66,68-70,74H,15-16,18-20H2,1-3H3,(H2,53,67)(H,54,71)(H,55,72)(H,56,75)(H,57,73)(H,58,76)(H,79,80,81). The molecular weight excluding hydrogens is 1150 g/mol. The smallest absolute Gasteiger partial charge is 0.446 e. The molecule has 15 atom stereocenters. The number of hydrogen-bond donors (Lipinski definition) is 16. The largest absolute Gasteiger partial charge is 0.504 e. The zero-order valence-electron chi connectivity index (χ0n) is 45.2. The molecule has 17 N–H and O–H groups in total. The first-order chi connectivity index (χ1) is 40.0. The third-order valence-corrected chi connectivity index (χ3v) is 14.8. The monoisotopic (exact) mass is 1210 g/mol. The van der Waals surface area contributed by atoms with E-state index < -0.39 is 198 Å². The van der Waals surface area contributed by atoms with Crippen molar-refractivity contribution in [1.29, 1.82) is 0 Å². The van der Waals surface area contributed by atoms with E-state index in [4.69, 9.17) is 15.0 Å². The molecule has 3 aliphatic rings. The molecule has 0 radical (unpaired) electrons. The van der Waals surface area contributed by atoms with Gasteiger partial charge in [0, 0.05) is 54.6 Å². The maximum atomic E-state index is 14.6. The summed E-state index contributed by atoms with van der Waals surface area (Å²) >= 11 is 0. The highest BCUT2D eigenvalue weighted by Gasteiger charge is 2.51. The summed E-state index contributed by atoms with van der Waals surface area (Å²) in [6, 6.07) is 3.19. The number of fused-ring (bicyclic) bond motifs is 2. The quantitative estimate of drug-likeness (QED) is 0.0524. The molecule has 0 bridgehead atoms. The summed E-state index contributed by atoms with van der Waals surface area (Å²) < 4.78 is 47.4. The number of aliphatic hydroxyl groups is 8. The number of aromatic hydroxyl groups is 1. The number of primary amides is 1. The second-order valence-corrected chi connectivity index (χ2v) is 21.6. The second kappa shape index (κ2) is 26.7. The molecule has 3 aromatic carbocycles. The van der Waals surface area contributed by atoms with Crippen LogP contribution in [-0.4, -0.2) is 220 Å². The molecule has 7 rings (SSSR count). The van der Waals surface area contributed by atoms with Gasteiger partial charge in [-0.05, 0) is 61.0 Å². The van der Waals surface area contributed by atoms with Crippen LogP contribution in [0.3, 0.4) is 0 Å². The lowest BCUT2D eigenvalue weighted by Gasteiger charge is -2.34. The van der Waals surface area contributed by atoms with Crippen LogP contribution < -0.4 is 41.2 Å². The fourth-order valence-corrected chi connectivity index (χ4v) is 10.2. The zero-order chi connectivity index (χ0) is 62.5. The molecule has 0 aliphatic carbocycles. The molecule has 3 saturated heterocycles. The van der Waals surface area contributed by atoms with Crippen molar-refractivity contribution >= 4 is 57.7 Å². The third kappa shape index (κ3) is 15.1. The van der Waals surface area contributed by atoms with Gasteiger partial charge in [0.15, 0.2) is 23.5 Å². The Morgan fingerprint density at radius 1 is 0.788 bits per heavy atom. The number of nitrogens with two attached hydrogens (primary N) is 1. The summed E-state index contributed by atoms with van der Waals surface area (Å²) in [7, 11) is -3.84. The van der Waals surface area contributed by atoms with Crippen molar-refractivity contribution in [3.8, 4) is 39.8 Å². The Labute approximate surface area is 482 Å². The highest BCUT2D eigenvalue weighted by Crippen LogP contribution is 2.33. The van der Waals surface area contributed by atoms with Crippen molar-refractivity contribution in [1.82, 2.24) is 41.5 Å². The summed E-state index contributed by atoms with van der Waals surface area (Å²) in [6.07, 6.45) is -20.3. The Hall–Kier alpha value is -8.38. The number of phenolic OH excluding ortho intramolecular Hbond substituents is 1. The van der Waals surface area contributed by atoms with Gasteiger partial charge in [0.2, 0.25) is 41.4 Å². The van der Waals surface area contributed by atoms with Crippen LogP contribution in [0.25, 0.3) is 22.6 Å². The van der Waals surface area contributed by atoms with E-state index in [1.54, 1.807) is 30.3 Å². The number of aromatic nitrogens is 1. The number of ether oxygens (including phenoxy) is 1. The van der Waals surface area contributed by atoms with Crippen LogP contribution in [0.1, 0.15) is 55.1 Å². The Kier molecular flexibility index (Phi) is 20.1. The third-order valence-electron chi connectivity index (χ3n) is 14.4. The van der Waals surface area contributed by atoms with Gasteiger partial charge >= 0.3 is 10.4 Å². The number of nitrogens with one attached hydrogen (secondary N) is 5. The second-order valence-electron chi connectivity index (χ2n) is 20.6. The van der Waals surface area contributed by atoms with Crippen LogP contribution in [-0.2, 0) is 44.0 Å². The van der Waals surface area contributed by atoms with Crippen molar-refractivity contribution in [2.45, 2.75) is 118 Å². The van der Waals surface area contributed by atoms with E-state index in [0.717, 1.165) is 13.0 Å². The first kappa shape index (κ1) is 64.2. The average Bonchev–Trinajstić information content (AvgIpc) is 2.79. The molecule has 15 unspecified atom stereocenters. The van der Waals surface area contributed by atoms with Crippen LogP contribution in [0.5, 0.6) is 17.2 Å². The number of amides is 8. The van der Waals surface area contributed by atoms with E-state index in [0.29, 0.717) is 50.3 Å². The average molecular weight is 1210 g/mol. The Bertz CT molecular complexity index is 3260. The summed E-state index contributed by atoms with van der Waals surface area (Å²) in [5, 5.41) is 116. The molecule has 33 heteroatoms. The first-order valence-electron chi connectivity index (χ1n) is 26.0. The van der Waals surface area contributed by atoms with Crippen molar-refractivity contribution < 1.29 is 111 Å². The van der Waals surface area contributed by atoms with E-state index >= 15 is 0 Å². The highest BCUT2D eigenvalue weighted by atomic mass is 32.3. The molecule has 3 fully saturated rings. The number of carbonyl (C=O) groups is 8. The number of phenols is 1. The van der Waals surface area contributed by atoms with Gasteiger partial charge in [0.25, 0.3) is 5.91 Å². The lowest BCUT2D eigenvalue weighted by Crippen LogP contribution is -2.64. The molecular formula is C52H63N9O23S. The fourth-order valence-electron chi connectivity index (χ4n) is 9.84. The van der Waals surface area contributed by atoms with Crippen LogP contribution in [0.2, 0.25) is 0 Å². The molecule has 0 saturated carbocycles. The van der Waals surface area contributed by atoms with Gasteiger partial charge in [0.05, 0.1) is 37.9 Å². The van der Waals surface area contributed by atoms with E-state index in [9.17, 15) is 97.3 Å². The minimum Gasteiger partial charge on any atom is -0.504 e. The van der Waals surface area contributed by atoms with E-state index in [1.807, 2.05) is 10.6 Å². The van der Waals surface area contributed by atoms with Crippen LogP contribution in [0.4, 0.5) is 0 Å². The number of carbonyl (C=O) groups excluding carboxylic acids is 8. The number of aliphatic hydroxyl groups excluding tert-OH is 8. The van der Waals surface area contributed by atoms with Crippen molar-refractivity contribution in [2.75, 3.05) is 20.2 Å². The van der Waals surface area contributed by atoms with Crippen LogP contribution >= 0.6 is 0 Å². The molecule has 0 spiro atoms. The SMILES string of the molecule is COc1ccc(-c2cc(-c3ccc(C(=O)NC4CC(O)C(O)NC(=O)C5C(O)C(C)CN5C(=O)C(C(O)CC(N)=O)NC(=O)C(C(O)C(O)c5ccc(O)c(OS(=O)(=O)O)c5)NC(=O)C5CC(O)CN5C(=O)C(C(C)O)NC4=O)cc3)no2)cc1. The lowest BCUT2D eigenvalue weighted by atomic mass is 9.96. The molecule has 3 aliphatic heterocycles. The molecule has 85 heavy (non-hydrogen) atoms. The highest BCUT2D eigenvalue weighted by molar-refractivity contribution is 7.81. The summed E-state index contributed by atoms with van der Waals surface area (Å²) in [5.74, 6) is -13.0. The first-order valence-corrected chi connectivity index (χ1v) is 27.4. The predicted molar refractivity (Wildman–Crippen MR) is 285 cm³/mol. The summed E-state index contributed by atoms with van der Waals surface area (Å²) in [4.78, 5) is 114. The molecule has 4 heterocycles. The number of benzene rings is 3. The van der Waals surface area contributed by atoms with Gasteiger partial charge < -0.3 is 102 Å². The van der Waals surface area contributed by atoms with Gasteiger partial charge in [-0.25, -0.2) is 0 Å². The van der Waals surface area contributed by atoms with Crippen LogP contribution in [0.15, 0.2) is 77.3 Å². The number of hydrogen-bond acceptors (Lipinski definition) is 23. The van der Waals surface area contributed by atoms with Gasteiger partial charge in [0.1, 0.15) is 66.0 Å². The molecule has 8 amide bonds. The van der Waals surface area contributed by atoms with Crippen molar-refractivity contribution in [2.24, 2.45) is 11.7 Å². The lowest BCUT2D eigenvalue weighted by molar-refractivity contribution is -0.149. The Balaban J connectivity index is 1.26. The number of nitrogens with zero attached hydrogens (tertiary/aromatic N) is 3. The maximum Gasteiger partial charge on any atom is 0.446 e. The number of methoxy groups -OCH3 is 1. The van der Waals surface area contributed by atoms with E-state index in [2.05, 4.69) is 25.3 Å².